The Morgan fingerprint density at radius 2 is 1.77 bits per heavy atom. The van der Waals surface area contributed by atoms with Gasteiger partial charge in [0.2, 0.25) is 0 Å². The van der Waals surface area contributed by atoms with Gasteiger partial charge in [0.25, 0.3) is 5.91 Å². The summed E-state index contributed by atoms with van der Waals surface area (Å²) >= 11 is 0. The molecule has 3 aromatic rings. The molecule has 1 amide bonds. The van der Waals surface area contributed by atoms with Crippen molar-refractivity contribution in [1.82, 2.24) is 0 Å². The van der Waals surface area contributed by atoms with E-state index in [0.29, 0.717) is 11.1 Å². The monoisotopic (exact) mass is 363 g/mol. The lowest BCUT2D eigenvalue weighted by atomic mass is 10.1. The number of fused-ring (bicyclic) bond motifs is 1. The van der Waals surface area contributed by atoms with Crippen molar-refractivity contribution in [2.45, 2.75) is 6.18 Å². The summed E-state index contributed by atoms with van der Waals surface area (Å²) in [4.78, 5) is 24.2. The molecule has 26 heavy (non-hydrogen) atoms. The Morgan fingerprint density at radius 3 is 2.38 bits per heavy atom. The number of alkyl halides is 3. The van der Waals surface area contributed by atoms with Crippen LogP contribution in [0, 0.1) is 0 Å². The maximum absolute atomic E-state index is 12.6. The van der Waals surface area contributed by atoms with Crippen LogP contribution in [0.3, 0.4) is 0 Å². The Bertz CT molecular complexity index is 1020. The minimum Gasteiger partial charge on any atom is -0.497 e. The second-order valence-corrected chi connectivity index (χ2v) is 5.37. The lowest BCUT2D eigenvalue weighted by Gasteiger charge is -2.10. The fourth-order valence-corrected chi connectivity index (χ4v) is 2.40. The van der Waals surface area contributed by atoms with Crippen LogP contribution in [0.5, 0.6) is 5.75 Å². The highest BCUT2D eigenvalue weighted by Gasteiger charge is 2.30. The summed E-state index contributed by atoms with van der Waals surface area (Å²) in [5.41, 5.74) is -1.19. The molecule has 1 aromatic heterocycles. The number of methoxy groups -OCH3 is 1. The number of amides is 1. The van der Waals surface area contributed by atoms with Gasteiger partial charge in [-0.05, 0) is 36.4 Å². The quantitative estimate of drug-likeness (QED) is 0.712. The summed E-state index contributed by atoms with van der Waals surface area (Å²) in [6, 6.07) is 9.63. The van der Waals surface area contributed by atoms with Gasteiger partial charge in [0.1, 0.15) is 11.3 Å². The maximum Gasteiger partial charge on any atom is 0.416 e. The number of halogens is 3. The zero-order chi connectivity index (χ0) is 18.9. The topological polar surface area (TPSA) is 68.5 Å². The summed E-state index contributed by atoms with van der Waals surface area (Å²) in [6.45, 7) is 0. The summed E-state index contributed by atoms with van der Waals surface area (Å²) < 4.78 is 47.9. The van der Waals surface area contributed by atoms with E-state index in [0.717, 1.165) is 30.3 Å². The number of rotatable bonds is 3. The van der Waals surface area contributed by atoms with Crippen LogP contribution in [-0.2, 0) is 6.18 Å². The normalized spacial score (nSPS) is 11.4. The molecule has 0 atom stereocenters. The van der Waals surface area contributed by atoms with Crippen molar-refractivity contribution in [3.8, 4) is 5.75 Å². The highest BCUT2D eigenvalue weighted by atomic mass is 19.4. The average Bonchev–Trinajstić information content (AvgIpc) is 2.60. The minimum absolute atomic E-state index is 0.0406. The Morgan fingerprint density at radius 1 is 1.08 bits per heavy atom. The average molecular weight is 363 g/mol. The summed E-state index contributed by atoms with van der Waals surface area (Å²) in [5.74, 6) is -0.200. The van der Waals surface area contributed by atoms with E-state index in [4.69, 9.17) is 9.15 Å². The molecule has 0 fully saturated rings. The van der Waals surface area contributed by atoms with E-state index in [1.54, 1.807) is 12.1 Å². The molecule has 1 N–H and O–H groups in total. The van der Waals surface area contributed by atoms with Gasteiger partial charge in [-0.3, -0.25) is 4.79 Å². The molecule has 0 aliphatic carbocycles. The van der Waals surface area contributed by atoms with Crippen LogP contribution in [0.2, 0.25) is 0 Å². The zero-order valence-corrected chi connectivity index (χ0v) is 13.4. The SMILES string of the molecule is COc1ccc2c(C(=O)Nc3ccc(C(F)(F)F)cc3)cc(=O)oc2c1. The molecule has 0 aliphatic heterocycles. The van der Waals surface area contributed by atoms with E-state index >= 15 is 0 Å². The van der Waals surface area contributed by atoms with Crippen molar-refractivity contribution in [3.05, 3.63) is 70.1 Å². The Kier molecular flexibility index (Phi) is 4.41. The predicted molar refractivity (Wildman–Crippen MR) is 88.4 cm³/mol. The standard InChI is InChI=1S/C18H12F3NO4/c1-25-12-6-7-13-14(9-16(23)26-15(13)8-12)17(24)22-11-4-2-10(3-5-11)18(19,20)21/h2-9H,1H3,(H,22,24). The molecule has 3 rings (SSSR count). The van der Waals surface area contributed by atoms with Crippen molar-refractivity contribution < 1.29 is 27.1 Å². The fraction of sp³-hybridized carbons (Fsp3) is 0.111. The van der Waals surface area contributed by atoms with Crippen LogP contribution in [0.15, 0.2) is 57.7 Å². The van der Waals surface area contributed by atoms with Crippen LogP contribution < -0.4 is 15.7 Å². The number of hydrogen-bond acceptors (Lipinski definition) is 4. The number of hydrogen-bond donors (Lipinski definition) is 1. The van der Waals surface area contributed by atoms with Gasteiger partial charge in [-0.1, -0.05) is 0 Å². The third-order valence-corrected chi connectivity index (χ3v) is 3.67. The first-order valence-electron chi connectivity index (χ1n) is 7.38. The van der Waals surface area contributed by atoms with Crippen molar-refractivity contribution >= 4 is 22.6 Å². The van der Waals surface area contributed by atoms with Gasteiger partial charge in [-0.15, -0.1) is 0 Å². The molecule has 2 aromatic carbocycles. The first kappa shape index (κ1) is 17.5. The van der Waals surface area contributed by atoms with Crippen LogP contribution in [-0.4, -0.2) is 13.0 Å². The van der Waals surface area contributed by atoms with Crippen molar-refractivity contribution in [2.24, 2.45) is 0 Å². The van der Waals surface area contributed by atoms with E-state index in [2.05, 4.69) is 5.32 Å². The molecule has 1 heterocycles. The van der Waals surface area contributed by atoms with E-state index in [1.165, 1.54) is 13.2 Å². The van der Waals surface area contributed by atoms with Gasteiger partial charge in [0.15, 0.2) is 0 Å². The molecule has 134 valence electrons. The molecule has 0 saturated heterocycles. The number of anilines is 1. The Labute approximate surface area is 145 Å². The highest BCUT2D eigenvalue weighted by molar-refractivity contribution is 6.12. The van der Waals surface area contributed by atoms with Crippen LogP contribution >= 0.6 is 0 Å². The lowest BCUT2D eigenvalue weighted by Crippen LogP contribution is -2.15. The minimum atomic E-state index is -4.46. The molecule has 0 saturated carbocycles. The molecule has 0 radical (unpaired) electrons. The fourth-order valence-electron chi connectivity index (χ4n) is 2.40. The molecular formula is C18H12F3NO4. The number of nitrogens with one attached hydrogen (secondary N) is 1. The van der Waals surface area contributed by atoms with Crippen molar-refractivity contribution in [3.63, 3.8) is 0 Å². The Balaban J connectivity index is 1.94. The summed E-state index contributed by atoms with van der Waals surface area (Å²) in [6.07, 6.45) is -4.46. The molecule has 5 nitrogen and oxygen atoms in total. The van der Waals surface area contributed by atoms with Gasteiger partial charge < -0.3 is 14.5 Å². The van der Waals surface area contributed by atoms with Gasteiger partial charge >= 0.3 is 11.8 Å². The number of ether oxygens (including phenoxy) is 1. The number of carbonyl (C=O) groups excluding carboxylic acids is 1. The molecular weight excluding hydrogens is 351 g/mol. The van der Waals surface area contributed by atoms with Crippen molar-refractivity contribution in [2.75, 3.05) is 12.4 Å². The molecule has 0 bridgehead atoms. The van der Waals surface area contributed by atoms with Gasteiger partial charge in [-0.25, -0.2) is 4.79 Å². The number of benzene rings is 2. The second-order valence-electron chi connectivity index (χ2n) is 5.37. The largest absolute Gasteiger partial charge is 0.497 e. The van der Waals surface area contributed by atoms with Crippen LogP contribution in [0.4, 0.5) is 18.9 Å². The van der Waals surface area contributed by atoms with Crippen LogP contribution in [0.1, 0.15) is 15.9 Å². The van der Waals surface area contributed by atoms with Crippen LogP contribution in [0.25, 0.3) is 11.0 Å². The van der Waals surface area contributed by atoms with E-state index in [-0.39, 0.29) is 16.8 Å². The smallest absolute Gasteiger partial charge is 0.416 e. The molecule has 0 aliphatic rings. The highest BCUT2D eigenvalue weighted by Crippen LogP contribution is 2.30. The summed E-state index contributed by atoms with van der Waals surface area (Å²) in [5, 5.41) is 2.84. The zero-order valence-electron chi connectivity index (χ0n) is 13.4. The number of carbonyl (C=O) groups is 1. The molecule has 8 heteroatoms. The maximum atomic E-state index is 12.6. The second kappa shape index (κ2) is 6.55. The molecule has 0 spiro atoms. The van der Waals surface area contributed by atoms with Gasteiger partial charge in [0, 0.05) is 23.2 Å². The van der Waals surface area contributed by atoms with Gasteiger partial charge in [0.05, 0.1) is 18.2 Å². The predicted octanol–water partition coefficient (Wildman–Crippen LogP) is 4.07. The van der Waals surface area contributed by atoms with E-state index in [1.807, 2.05) is 0 Å². The van der Waals surface area contributed by atoms with E-state index in [9.17, 15) is 22.8 Å². The molecule has 0 unspecified atom stereocenters. The van der Waals surface area contributed by atoms with E-state index < -0.39 is 23.3 Å². The first-order chi connectivity index (χ1) is 12.3. The van der Waals surface area contributed by atoms with Crippen molar-refractivity contribution in [1.29, 1.82) is 0 Å². The lowest BCUT2D eigenvalue weighted by molar-refractivity contribution is -0.137. The van der Waals surface area contributed by atoms with Gasteiger partial charge in [-0.2, -0.15) is 13.2 Å². The third-order valence-electron chi connectivity index (χ3n) is 3.67. The first-order valence-corrected chi connectivity index (χ1v) is 7.38. The third kappa shape index (κ3) is 3.53. The Hall–Kier alpha value is -3.29. The summed E-state index contributed by atoms with van der Waals surface area (Å²) in [7, 11) is 1.44.